The van der Waals surface area contributed by atoms with E-state index in [1.54, 1.807) is 11.1 Å². The molecule has 0 spiro atoms. The van der Waals surface area contributed by atoms with Crippen LogP contribution >= 0.6 is 0 Å². The van der Waals surface area contributed by atoms with Crippen molar-refractivity contribution in [2.24, 2.45) is 0 Å². The molecule has 0 unspecified atom stereocenters. The minimum Gasteiger partial charge on any atom is -0.292 e. The highest BCUT2D eigenvalue weighted by Crippen LogP contribution is 2.50. The zero-order valence-electron chi connectivity index (χ0n) is 15.4. The molecule has 3 aromatic carbocycles. The van der Waals surface area contributed by atoms with Crippen LogP contribution in [0, 0.1) is 6.92 Å². The highest BCUT2D eigenvalue weighted by molar-refractivity contribution is 5.66. The third kappa shape index (κ3) is 2.77. The molecule has 1 aliphatic carbocycles. The molecular formula is C25H25N. The standard InChI is InChI=1S/C25H25N/c1-18-6-5-9-20(14-18)21-10-11-23-24(15-21)22-12-13-26(25(23)16-22)17-19-7-3-2-4-8-19/h2-11,14-15,22,25H,12-13,16-17H2,1H3/t22-,25+/m0/s1. The lowest BCUT2D eigenvalue weighted by Crippen LogP contribution is -2.31. The Bertz CT molecular complexity index is 928. The van der Waals surface area contributed by atoms with E-state index in [4.69, 9.17) is 0 Å². The fourth-order valence-electron chi connectivity index (χ4n) is 4.86. The van der Waals surface area contributed by atoms with Crippen molar-refractivity contribution in [1.29, 1.82) is 0 Å². The van der Waals surface area contributed by atoms with Crippen LogP contribution < -0.4 is 0 Å². The summed E-state index contributed by atoms with van der Waals surface area (Å²) in [6.07, 6.45) is 2.58. The van der Waals surface area contributed by atoms with Crippen LogP contribution in [-0.2, 0) is 6.54 Å². The minimum atomic E-state index is 0.593. The molecule has 0 amide bonds. The highest BCUT2D eigenvalue weighted by Gasteiger charge is 2.38. The molecule has 26 heavy (non-hydrogen) atoms. The Hall–Kier alpha value is -2.38. The Kier molecular flexibility index (Phi) is 3.90. The topological polar surface area (TPSA) is 3.24 Å². The van der Waals surface area contributed by atoms with Gasteiger partial charge in [-0.25, -0.2) is 0 Å². The zero-order valence-corrected chi connectivity index (χ0v) is 15.4. The third-order valence-electron chi connectivity index (χ3n) is 6.18. The van der Waals surface area contributed by atoms with Gasteiger partial charge < -0.3 is 0 Å². The molecule has 1 heteroatoms. The van der Waals surface area contributed by atoms with Crippen LogP contribution in [0.15, 0.2) is 72.8 Å². The van der Waals surface area contributed by atoms with Gasteiger partial charge in [-0.1, -0.05) is 78.4 Å². The van der Waals surface area contributed by atoms with E-state index < -0.39 is 0 Å². The maximum absolute atomic E-state index is 2.68. The molecule has 1 fully saturated rings. The van der Waals surface area contributed by atoms with E-state index in [-0.39, 0.29) is 0 Å². The van der Waals surface area contributed by atoms with Gasteiger partial charge >= 0.3 is 0 Å². The molecule has 0 radical (unpaired) electrons. The smallest absolute Gasteiger partial charge is 0.0360 e. The summed E-state index contributed by atoms with van der Waals surface area (Å²) in [4.78, 5) is 2.68. The van der Waals surface area contributed by atoms with Gasteiger partial charge in [0.15, 0.2) is 0 Å². The molecule has 1 heterocycles. The lowest BCUT2D eigenvalue weighted by molar-refractivity contribution is 0.145. The van der Waals surface area contributed by atoms with Crippen LogP contribution in [0.3, 0.4) is 0 Å². The Morgan fingerprint density at radius 3 is 2.54 bits per heavy atom. The number of fused-ring (bicyclic) bond motifs is 5. The Morgan fingerprint density at radius 1 is 0.846 bits per heavy atom. The molecule has 1 saturated heterocycles. The number of benzene rings is 3. The molecule has 5 rings (SSSR count). The number of hydrogen-bond donors (Lipinski definition) is 0. The van der Waals surface area contributed by atoms with Gasteiger partial charge in [-0.3, -0.25) is 4.90 Å². The molecular weight excluding hydrogens is 314 g/mol. The fourth-order valence-corrected chi connectivity index (χ4v) is 4.86. The average Bonchev–Trinajstić information content (AvgIpc) is 2.98. The molecule has 2 aliphatic rings. The summed E-state index contributed by atoms with van der Waals surface area (Å²) in [5.74, 6) is 0.742. The van der Waals surface area contributed by atoms with E-state index in [1.165, 1.54) is 41.6 Å². The van der Waals surface area contributed by atoms with E-state index in [0.717, 1.165) is 12.5 Å². The van der Waals surface area contributed by atoms with Gasteiger partial charge in [-0.2, -0.15) is 0 Å². The van der Waals surface area contributed by atoms with Crippen LogP contribution in [0.4, 0.5) is 0 Å². The van der Waals surface area contributed by atoms with Gasteiger partial charge in [0.05, 0.1) is 0 Å². The van der Waals surface area contributed by atoms with Crippen LogP contribution in [0.1, 0.15) is 47.1 Å². The molecule has 1 aliphatic heterocycles. The Labute approximate surface area is 156 Å². The number of likely N-dealkylation sites (tertiary alicyclic amines) is 1. The summed E-state index contributed by atoms with van der Waals surface area (Å²) >= 11 is 0. The lowest BCUT2D eigenvalue weighted by atomic mass is 9.93. The summed E-state index contributed by atoms with van der Waals surface area (Å²) in [7, 11) is 0. The summed E-state index contributed by atoms with van der Waals surface area (Å²) in [6, 6.07) is 27.6. The molecule has 1 nitrogen and oxygen atoms in total. The quantitative estimate of drug-likeness (QED) is 0.557. The normalized spacial score (nSPS) is 21.6. The highest BCUT2D eigenvalue weighted by atomic mass is 15.2. The third-order valence-corrected chi connectivity index (χ3v) is 6.18. The zero-order chi connectivity index (χ0) is 17.5. The maximum atomic E-state index is 2.68. The van der Waals surface area contributed by atoms with Crippen molar-refractivity contribution in [2.45, 2.75) is 38.3 Å². The number of aryl methyl sites for hydroxylation is 1. The number of piperidine rings is 1. The first-order chi connectivity index (χ1) is 12.8. The van der Waals surface area contributed by atoms with Crippen molar-refractivity contribution in [2.75, 3.05) is 6.54 Å². The summed E-state index contributed by atoms with van der Waals surface area (Å²) in [5, 5.41) is 0. The molecule has 3 aromatic rings. The van der Waals surface area contributed by atoms with Gasteiger partial charge in [0, 0.05) is 12.6 Å². The largest absolute Gasteiger partial charge is 0.292 e. The van der Waals surface area contributed by atoms with Gasteiger partial charge in [-0.05, 0) is 60.0 Å². The van der Waals surface area contributed by atoms with E-state index >= 15 is 0 Å². The van der Waals surface area contributed by atoms with Crippen molar-refractivity contribution >= 4 is 0 Å². The van der Waals surface area contributed by atoms with Crippen LogP contribution in [0.2, 0.25) is 0 Å². The van der Waals surface area contributed by atoms with E-state index in [9.17, 15) is 0 Å². The summed E-state index contributed by atoms with van der Waals surface area (Å²) < 4.78 is 0. The first-order valence-electron chi connectivity index (χ1n) is 9.77. The molecule has 2 bridgehead atoms. The molecule has 0 aromatic heterocycles. The predicted molar refractivity (Wildman–Crippen MR) is 108 cm³/mol. The number of rotatable bonds is 3. The molecule has 0 N–H and O–H groups in total. The van der Waals surface area contributed by atoms with Crippen molar-refractivity contribution in [3.8, 4) is 11.1 Å². The lowest BCUT2D eigenvalue weighted by Gasteiger charge is -2.33. The van der Waals surface area contributed by atoms with Gasteiger partial charge in [0.2, 0.25) is 0 Å². The molecule has 130 valence electrons. The second kappa shape index (κ2) is 6.41. The summed E-state index contributed by atoms with van der Waals surface area (Å²) in [5.41, 5.74) is 8.64. The van der Waals surface area contributed by atoms with Crippen LogP contribution in [0.5, 0.6) is 0 Å². The van der Waals surface area contributed by atoms with Crippen LogP contribution in [0.25, 0.3) is 11.1 Å². The second-order valence-electron chi connectivity index (χ2n) is 7.91. The fraction of sp³-hybridized carbons (Fsp3) is 0.280. The van der Waals surface area contributed by atoms with E-state index in [0.29, 0.717) is 6.04 Å². The predicted octanol–water partition coefficient (Wildman–Crippen LogP) is 6.10. The summed E-state index contributed by atoms with van der Waals surface area (Å²) in [6.45, 7) is 4.45. The molecule has 2 atom stereocenters. The van der Waals surface area contributed by atoms with Crippen molar-refractivity contribution in [1.82, 2.24) is 4.90 Å². The first kappa shape index (κ1) is 15.8. The van der Waals surface area contributed by atoms with Crippen molar-refractivity contribution in [3.05, 3.63) is 95.1 Å². The first-order valence-corrected chi connectivity index (χ1v) is 9.77. The van der Waals surface area contributed by atoms with Crippen molar-refractivity contribution in [3.63, 3.8) is 0 Å². The number of hydrogen-bond acceptors (Lipinski definition) is 1. The Morgan fingerprint density at radius 2 is 1.69 bits per heavy atom. The average molecular weight is 339 g/mol. The maximum Gasteiger partial charge on any atom is 0.0360 e. The van der Waals surface area contributed by atoms with Gasteiger partial charge in [0.1, 0.15) is 0 Å². The monoisotopic (exact) mass is 339 g/mol. The van der Waals surface area contributed by atoms with Crippen LogP contribution in [-0.4, -0.2) is 11.4 Å². The van der Waals surface area contributed by atoms with Crippen molar-refractivity contribution < 1.29 is 0 Å². The van der Waals surface area contributed by atoms with Gasteiger partial charge in [0.25, 0.3) is 0 Å². The molecule has 0 saturated carbocycles. The second-order valence-corrected chi connectivity index (χ2v) is 7.91. The minimum absolute atomic E-state index is 0.593. The van der Waals surface area contributed by atoms with E-state index in [1.807, 2.05) is 0 Å². The Balaban J connectivity index is 1.46. The van der Waals surface area contributed by atoms with E-state index in [2.05, 4.69) is 84.6 Å². The van der Waals surface area contributed by atoms with Gasteiger partial charge in [-0.15, -0.1) is 0 Å². The number of nitrogens with zero attached hydrogens (tertiary/aromatic N) is 1. The SMILES string of the molecule is Cc1cccc(-c2ccc3c(c2)[C@H]2CCN(Cc4ccccc4)[C@@H]3C2)c1.